The fourth-order valence-electron chi connectivity index (χ4n) is 9.84. The van der Waals surface area contributed by atoms with E-state index < -0.39 is 112 Å². The van der Waals surface area contributed by atoms with Crippen LogP contribution < -0.4 is 5.32 Å². The van der Waals surface area contributed by atoms with E-state index in [1.54, 1.807) is 66.7 Å². The molecule has 2 aromatic rings. The van der Waals surface area contributed by atoms with E-state index in [0.29, 0.717) is 0 Å². The van der Waals surface area contributed by atoms with Crippen molar-refractivity contribution >= 4 is 35.8 Å². The van der Waals surface area contributed by atoms with Gasteiger partial charge in [0.05, 0.1) is 24.1 Å². The molecule has 330 valence electrons. The highest BCUT2D eigenvalue weighted by atomic mass is 16.6. The molecule has 1 aliphatic heterocycles. The van der Waals surface area contributed by atoms with Crippen LogP contribution in [0.1, 0.15) is 104 Å². The zero-order valence-electron chi connectivity index (χ0n) is 35.8. The van der Waals surface area contributed by atoms with Gasteiger partial charge in [-0.1, -0.05) is 51.1 Å². The third-order valence-corrected chi connectivity index (χ3v) is 12.8. The van der Waals surface area contributed by atoms with Crippen molar-refractivity contribution in [3.8, 4) is 5.75 Å². The number of benzene rings is 2. The lowest BCUT2D eigenvalue weighted by molar-refractivity contribution is -0.332. The van der Waals surface area contributed by atoms with Crippen LogP contribution in [0.3, 0.4) is 0 Å². The Labute approximate surface area is 353 Å². The summed E-state index contributed by atoms with van der Waals surface area (Å²) >= 11 is 0. The number of carbonyl (C=O) groups is 6. The quantitative estimate of drug-likeness (QED) is 0.154. The number of ketones is 1. The molecule has 2 saturated carbocycles. The Kier molecular flexibility index (Phi) is 12.0. The van der Waals surface area contributed by atoms with E-state index in [4.69, 9.17) is 28.4 Å². The molecule has 1 saturated heterocycles. The van der Waals surface area contributed by atoms with E-state index in [0.717, 1.165) is 6.92 Å². The second-order valence-electron chi connectivity index (χ2n) is 18.3. The van der Waals surface area contributed by atoms with Crippen LogP contribution in [0.5, 0.6) is 5.75 Å². The van der Waals surface area contributed by atoms with Crippen molar-refractivity contribution in [2.45, 2.75) is 135 Å². The number of carbonyl (C=O) groups excluding carboxylic acids is 6. The van der Waals surface area contributed by atoms with Crippen molar-refractivity contribution < 1.29 is 72.5 Å². The number of aromatic hydroxyl groups is 1. The molecule has 3 aliphatic carbocycles. The zero-order chi connectivity index (χ0) is 45.0. The summed E-state index contributed by atoms with van der Waals surface area (Å²) in [5, 5.41) is 37.8. The van der Waals surface area contributed by atoms with Gasteiger partial charge in [0.25, 0.3) is 0 Å². The summed E-state index contributed by atoms with van der Waals surface area (Å²) < 4.78 is 35.8. The van der Waals surface area contributed by atoms with Crippen molar-refractivity contribution in [2.75, 3.05) is 6.61 Å². The van der Waals surface area contributed by atoms with Gasteiger partial charge in [0, 0.05) is 31.1 Å². The summed E-state index contributed by atoms with van der Waals surface area (Å²) in [5.41, 5.74) is -7.48. The number of hydrogen-bond donors (Lipinski definition) is 4. The van der Waals surface area contributed by atoms with Gasteiger partial charge in [0.15, 0.2) is 23.6 Å². The predicted octanol–water partition coefficient (Wildman–Crippen LogP) is 4.57. The second-order valence-corrected chi connectivity index (χ2v) is 18.3. The Morgan fingerprint density at radius 1 is 0.918 bits per heavy atom. The molecule has 0 spiro atoms. The van der Waals surface area contributed by atoms with Crippen LogP contribution in [0.4, 0.5) is 4.79 Å². The molecule has 0 radical (unpaired) electrons. The monoisotopic (exact) mass is 849 g/mol. The van der Waals surface area contributed by atoms with Gasteiger partial charge in [-0.2, -0.15) is 0 Å². The normalized spacial score (nSPS) is 31.3. The number of nitrogens with one attached hydrogen (secondary N) is 1. The fourth-order valence-corrected chi connectivity index (χ4v) is 9.84. The number of esters is 4. The third-order valence-electron chi connectivity index (χ3n) is 12.8. The van der Waals surface area contributed by atoms with E-state index in [1.807, 2.05) is 0 Å². The first-order chi connectivity index (χ1) is 28.4. The molecule has 0 unspecified atom stereocenters. The number of phenolic OH excluding ortho intramolecular Hbond substituents is 1. The average molecular weight is 850 g/mol. The van der Waals surface area contributed by atoms with Gasteiger partial charge in [0.2, 0.25) is 0 Å². The molecule has 2 bridgehead atoms. The van der Waals surface area contributed by atoms with Gasteiger partial charge in [-0.25, -0.2) is 14.4 Å². The minimum absolute atomic E-state index is 0.0738. The molecular formula is C45H55NO15. The summed E-state index contributed by atoms with van der Waals surface area (Å²) in [6.07, 6.45) is -8.87. The summed E-state index contributed by atoms with van der Waals surface area (Å²) in [5.74, 6) is -5.76. The molecule has 0 aromatic heterocycles. The van der Waals surface area contributed by atoms with Crippen LogP contribution in [0, 0.1) is 16.7 Å². The molecule has 16 nitrogen and oxygen atoms in total. The van der Waals surface area contributed by atoms with Crippen molar-refractivity contribution in [3.63, 3.8) is 0 Å². The molecule has 2 aromatic carbocycles. The number of ether oxygens (including phenoxy) is 6. The molecule has 4 aliphatic rings. The van der Waals surface area contributed by atoms with Crippen molar-refractivity contribution in [1.29, 1.82) is 0 Å². The molecular weight excluding hydrogens is 794 g/mol. The van der Waals surface area contributed by atoms with E-state index in [1.165, 1.54) is 43.3 Å². The van der Waals surface area contributed by atoms with Crippen LogP contribution >= 0.6 is 0 Å². The van der Waals surface area contributed by atoms with Crippen molar-refractivity contribution in [2.24, 2.45) is 16.7 Å². The lowest BCUT2D eigenvalue weighted by Crippen LogP contribution is -2.79. The first kappa shape index (κ1) is 45.2. The molecule has 61 heavy (non-hydrogen) atoms. The Balaban J connectivity index is 1.52. The van der Waals surface area contributed by atoms with Gasteiger partial charge < -0.3 is 49.1 Å². The number of rotatable bonds is 9. The summed E-state index contributed by atoms with van der Waals surface area (Å²) in [6, 6.07) is 11.8. The van der Waals surface area contributed by atoms with E-state index >= 15 is 4.79 Å². The van der Waals surface area contributed by atoms with Gasteiger partial charge in [0.1, 0.15) is 35.3 Å². The molecule has 3 fully saturated rings. The third kappa shape index (κ3) is 8.12. The number of aliphatic hydroxyl groups is 2. The minimum atomic E-state index is -2.30. The summed E-state index contributed by atoms with van der Waals surface area (Å²) in [4.78, 5) is 82.8. The fraction of sp³-hybridized carbons (Fsp3) is 0.556. The summed E-state index contributed by atoms with van der Waals surface area (Å²) in [7, 11) is 0. The Bertz CT molecular complexity index is 2110. The van der Waals surface area contributed by atoms with Crippen molar-refractivity contribution in [3.05, 3.63) is 76.9 Å². The highest BCUT2D eigenvalue weighted by Gasteiger charge is 2.76. The number of alkyl carbamates (subject to hydrolysis) is 1. The van der Waals surface area contributed by atoms with Crippen LogP contribution in [0.15, 0.2) is 65.7 Å². The lowest BCUT2D eigenvalue weighted by Gasteiger charge is -2.66. The predicted molar refractivity (Wildman–Crippen MR) is 213 cm³/mol. The molecule has 16 heteroatoms. The molecule has 1 amide bonds. The topological polar surface area (TPSA) is 231 Å². The second kappa shape index (κ2) is 16.2. The van der Waals surface area contributed by atoms with Crippen LogP contribution in [-0.2, 0) is 47.6 Å². The molecule has 1 heterocycles. The number of Topliss-reactive ketones (excluding diaryl/α,β-unsaturated/α-hetero) is 1. The van der Waals surface area contributed by atoms with Gasteiger partial charge in [-0.3, -0.25) is 14.4 Å². The van der Waals surface area contributed by atoms with Gasteiger partial charge in [-0.15, -0.1) is 0 Å². The molecule has 6 rings (SSSR count). The SMILES string of the molecule is CC(=O)O[C@H]1C(=O)[C@]2(C)CC[C@H]3OC[C@@]3(OC(C)=O)[C@H]2[C@H](OC(=O)c2ccccc2)[C@]2(O)C[C@H](OC(=O)[C@H](O)[C@@H](NC(=O)OC(C)(C)C)c3ccc(O)cc3)C(C)=C1C2(C)C. The average Bonchev–Trinajstić information content (AvgIpc) is 3.15. The summed E-state index contributed by atoms with van der Waals surface area (Å²) in [6.45, 7) is 13.3. The maximum atomic E-state index is 15.4. The molecule has 10 atom stereocenters. The maximum Gasteiger partial charge on any atom is 0.408 e. The number of phenols is 1. The van der Waals surface area contributed by atoms with E-state index in [-0.39, 0.29) is 47.5 Å². The zero-order valence-corrected chi connectivity index (χ0v) is 35.8. The van der Waals surface area contributed by atoms with Crippen LogP contribution in [0.2, 0.25) is 0 Å². The standard InChI is InChI=1S/C45H55NO15/c1-23-29(58-39(53)33(50)32(26-15-17-28(49)18-16-26)46-40(54)61-41(4,5)6)21-45(55)37(59-38(52)27-13-11-10-12-14-27)35-43(9,20-19-30-44(35,22-56-30)60-25(3)48)36(51)34(57-24(2)47)31(23)42(45,7)8/h10-18,29-30,32-35,37,49-50,55H,19-22H2,1-9H3,(H,46,54)/t29-,30+,32-,33+,34+,35-,37-,43+,44-,45+/m0/s1. The number of amides is 1. The number of aliphatic hydroxyl groups excluding tert-OH is 1. The Hall–Kier alpha value is -5.32. The van der Waals surface area contributed by atoms with Gasteiger partial charge >= 0.3 is 30.0 Å². The Morgan fingerprint density at radius 2 is 1.56 bits per heavy atom. The van der Waals surface area contributed by atoms with E-state index in [2.05, 4.69) is 5.32 Å². The van der Waals surface area contributed by atoms with Crippen LogP contribution in [0.25, 0.3) is 0 Å². The first-order valence-electron chi connectivity index (χ1n) is 20.3. The minimum Gasteiger partial charge on any atom is -0.508 e. The van der Waals surface area contributed by atoms with E-state index in [9.17, 15) is 39.3 Å². The number of fused-ring (bicyclic) bond motifs is 5. The van der Waals surface area contributed by atoms with Crippen molar-refractivity contribution in [1.82, 2.24) is 5.32 Å². The lowest BCUT2D eigenvalue weighted by atomic mass is 9.45. The smallest absolute Gasteiger partial charge is 0.408 e. The maximum absolute atomic E-state index is 15.4. The number of hydrogen-bond acceptors (Lipinski definition) is 15. The van der Waals surface area contributed by atoms with Crippen LogP contribution in [-0.4, -0.2) is 105 Å². The largest absolute Gasteiger partial charge is 0.508 e. The Morgan fingerprint density at radius 3 is 2.11 bits per heavy atom. The molecule has 4 N–H and O–H groups in total. The highest BCUT2D eigenvalue weighted by molar-refractivity contribution is 5.95. The highest BCUT2D eigenvalue weighted by Crippen LogP contribution is 2.64. The first-order valence-corrected chi connectivity index (χ1v) is 20.3. The van der Waals surface area contributed by atoms with Gasteiger partial charge in [-0.05, 0) is 81.5 Å².